The maximum absolute atomic E-state index is 10.6. The van der Waals surface area contributed by atoms with E-state index in [1.807, 2.05) is 0 Å². The highest BCUT2D eigenvalue weighted by Gasteiger charge is 2.25. The van der Waals surface area contributed by atoms with Crippen molar-refractivity contribution >= 4 is 23.2 Å². The van der Waals surface area contributed by atoms with E-state index in [1.165, 1.54) is 0 Å². The van der Waals surface area contributed by atoms with Crippen molar-refractivity contribution in [3.63, 3.8) is 0 Å². The molecule has 0 aromatic heterocycles. The minimum absolute atomic E-state index is 0.233. The Morgan fingerprint density at radius 2 is 1.67 bits per heavy atom. The Hall–Kier alpha value is -1.26. The summed E-state index contributed by atoms with van der Waals surface area (Å²) in [6, 6.07) is 12.4. The van der Waals surface area contributed by atoms with Crippen LogP contribution in [-0.2, 0) is 0 Å². The van der Waals surface area contributed by atoms with Crippen LogP contribution in [0.4, 0.5) is 0 Å². The van der Waals surface area contributed by atoms with Crippen LogP contribution in [0.1, 0.15) is 23.1 Å². The van der Waals surface area contributed by atoms with Crippen LogP contribution < -0.4 is 10.5 Å². The zero-order chi connectivity index (χ0) is 15.4. The van der Waals surface area contributed by atoms with E-state index in [4.69, 9.17) is 33.7 Å². The second-order valence-corrected chi connectivity index (χ2v) is 5.51. The van der Waals surface area contributed by atoms with Crippen LogP contribution in [-0.4, -0.2) is 18.8 Å². The van der Waals surface area contributed by atoms with Crippen LogP contribution in [0, 0.1) is 0 Å². The van der Waals surface area contributed by atoms with Gasteiger partial charge in [0.1, 0.15) is 5.75 Å². The normalized spacial score (nSPS) is 13.8. The summed E-state index contributed by atoms with van der Waals surface area (Å²) in [5.74, 6) is 0.352. The van der Waals surface area contributed by atoms with Gasteiger partial charge >= 0.3 is 0 Å². The van der Waals surface area contributed by atoms with Crippen molar-refractivity contribution in [3.05, 3.63) is 63.6 Å². The lowest BCUT2D eigenvalue weighted by atomic mass is 9.89. The van der Waals surface area contributed by atoms with Crippen LogP contribution in [0.25, 0.3) is 0 Å². The molecule has 3 N–H and O–H groups in total. The van der Waals surface area contributed by atoms with Gasteiger partial charge in [-0.25, -0.2) is 0 Å². The molecule has 2 atom stereocenters. The van der Waals surface area contributed by atoms with Gasteiger partial charge < -0.3 is 15.6 Å². The molecule has 0 aliphatic heterocycles. The SMILES string of the molecule is COc1ccc(C(O)C(CN)c2c(Cl)cccc2Cl)cc1. The molecular weight excluding hydrogens is 309 g/mol. The van der Waals surface area contributed by atoms with Gasteiger partial charge in [-0.2, -0.15) is 0 Å². The molecule has 2 aromatic rings. The third kappa shape index (κ3) is 3.50. The molecule has 2 unspecified atom stereocenters. The number of aliphatic hydroxyl groups is 1. The average molecular weight is 326 g/mol. The van der Waals surface area contributed by atoms with Crippen molar-refractivity contribution in [3.8, 4) is 5.75 Å². The summed E-state index contributed by atoms with van der Waals surface area (Å²) in [6.07, 6.45) is -0.793. The average Bonchev–Trinajstić information content (AvgIpc) is 2.50. The van der Waals surface area contributed by atoms with Crippen molar-refractivity contribution in [1.82, 2.24) is 0 Å². The molecule has 112 valence electrons. The Balaban J connectivity index is 2.35. The van der Waals surface area contributed by atoms with Crippen LogP contribution in [0.2, 0.25) is 10.0 Å². The first-order valence-electron chi connectivity index (χ1n) is 6.54. The van der Waals surface area contributed by atoms with E-state index in [2.05, 4.69) is 0 Å². The van der Waals surface area contributed by atoms with Crippen molar-refractivity contribution < 1.29 is 9.84 Å². The second kappa shape index (κ2) is 7.14. The highest BCUT2D eigenvalue weighted by molar-refractivity contribution is 6.36. The minimum atomic E-state index is -0.793. The predicted octanol–water partition coefficient (Wildman–Crippen LogP) is 3.78. The smallest absolute Gasteiger partial charge is 0.118 e. The van der Waals surface area contributed by atoms with E-state index in [-0.39, 0.29) is 12.5 Å². The number of halogens is 2. The van der Waals surface area contributed by atoms with Gasteiger partial charge in [0.25, 0.3) is 0 Å². The number of benzene rings is 2. The Labute approximate surface area is 134 Å². The van der Waals surface area contributed by atoms with Gasteiger partial charge in [-0.1, -0.05) is 41.4 Å². The van der Waals surface area contributed by atoms with Crippen molar-refractivity contribution in [1.29, 1.82) is 0 Å². The molecule has 0 saturated carbocycles. The van der Waals surface area contributed by atoms with Crippen LogP contribution in [0.3, 0.4) is 0 Å². The molecule has 0 radical (unpaired) electrons. The van der Waals surface area contributed by atoms with Crippen molar-refractivity contribution in [2.24, 2.45) is 5.73 Å². The molecular formula is C16H17Cl2NO2. The van der Waals surface area contributed by atoms with Crippen LogP contribution >= 0.6 is 23.2 Å². The predicted molar refractivity (Wildman–Crippen MR) is 86.2 cm³/mol. The number of hydrogen-bond acceptors (Lipinski definition) is 3. The summed E-state index contributed by atoms with van der Waals surface area (Å²) < 4.78 is 5.11. The topological polar surface area (TPSA) is 55.5 Å². The van der Waals surface area contributed by atoms with Gasteiger partial charge in [-0.3, -0.25) is 0 Å². The number of rotatable bonds is 5. The molecule has 0 saturated heterocycles. The van der Waals surface area contributed by atoms with E-state index in [0.717, 1.165) is 11.3 Å². The summed E-state index contributed by atoms with van der Waals surface area (Å²) in [5, 5.41) is 11.6. The molecule has 0 heterocycles. The number of nitrogens with two attached hydrogens (primary N) is 1. The number of hydrogen-bond donors (Lipinski definition) is 2. The lowest BCUT2D eigenvalue weighted by molar-refractivity contribution is 0.147. The molecule has 0 aliphatic carbocycles. The molecule has 0 spiro atoms. The van der Waals surface area contributed by atoms with E-state index >= 15 is 0 Å². The van der Waals surface area contributed by atoms with Gasteiger partial charge in [0.2, 0.25) is 0 Å². The third-order valence-corrected chi connectivity index (χ3v) is 4.12. The van der Waals surface area contributed by atoms with Crippen LogP contribution in [0.5, 0.6) is 5.75 Å². The molecule has 0 aliphatic rings. The van der Waals surface area contributed by atoms with Crippen LogP contribution in [0.15, 0.2) is 42.5 Å². The Kier molecular flexibility index (Phi) is 5.48. The zero-order valence-corrected chi connectivity index (χ0v) is 13.1. The first kappa shape index (κ1) is 16.1. The summed E-state index contributed by atoms with van der Waals surface area (Å²) in [4.78, 5) is 0. The van der Waals surface area contributed by atoms with Gasteiger partial charge in [0, 0.05) is 22.5 Å². The molecule has 5 heteroatoms. The molecule has 0 fully saturated rings. The number of ether oxygens (including phenoxy) is 1. The minimum Gasteiger partial charge on any atom is -0.497 e. The quantitative estimate of drug-likeness (QED) is 0.879. The summed E-state index contributed by atoms with van der Waals surface area (Å²) >= 11 is 12.4. The fourth-order valence-electron chi connectivity index (χ4n) is 2.30. The zero-order valence-electron chi connectivity index (χ0n) is 11.6. The van der Waals surface area contributed by atoms with E-state index in [1.54, 1.807) is 49.6 Å². The van der Waals surface area contributed by atoms with E-state index in [0.29, 0.717) is 15.6 Å². The standard InChI is InChI=1S/C16H17Cl2NO2/c1-21-11-7-5-10(6-8-11)16(20)12(9-19)15-13(17)3-2-4-14(15)18/h2-8,12,16,20H,9,19H2,1H3. The first-order valence-corrected chi connectivity index (χ1v) is 7.30. The van der Waals surface area contributed by atoms with Gasteiger partial charge in [-0.15, -0.1) is 0 Å². The lowest BCUT2D eigenvalue weighted by Crippen LogP contribution is -2.21. The highest BCUT2D eigenvalue weighted by atomic mass is 35.5. The summed E-state index contributed by atoms with van der Waals surface area (Å²) in [6.45, 7) is 0.233. The molecule has 3 nitrogen and oxygen atoms in total. The Morgan fingerprint density at radius 3 is 2.14 bits per heavy atom. The van der Waals surface area contributed by atoms with E-state index < -0.39 is 6.10 Å². The first-order chi connectivity index (χ1) is 10.1. The van der Waals surface area contributed by atoms with Crippen molar-refractivity contribution in [2.45, 2.75) is 12.0 Å². The number of aliphatic hydroxyl groups excluding tert-OH is 1. The molecule has 0 bridgehead atoms. The van der Waals surface area contributed by atoms with E-state index in [9.17, 15) is 5.11 Å². The second-order valence-electron chi connectivity index (χ2n) is 4.70. The largest absolute Gasteiger partial charge is 0.497 e. The molecule has 21 heavy (non-hydrogen) atoms. The fraction of sp³-hybridized carbons (Fsp3) is 0.250. The van der Waals surface area contributed by atoms with Crippen molar-refractivity contribution in [2.75, 3.05) is 13.7 Å². The van der Waals surface area contributed by atoms with Gasteiger partial charge in [0.05, 0.1) is 13.2 Å². The fourth-order valence-corrected chi connectivity index (χ4v) is 2.98. The maximum atomic E-state index is 10.6. The lowest BCUT2D eigenvalue weighted by Gasteiger charge is -2.24. The van der Waals surface area contributed by atoms with Gasteiger partial charge in [0.15, 0.2) is 0 Å². The molecule has 0 amide bonds. The monoisotopic (exact) mass is 325 g/mol. The molecule has 2 rings (SSSR count). The summed E-state index contributed by atoms with van der Waals surface area (Å²) in [5.41, 5.74) is 7.25. The summed E-state index contributed by atoms with van der Waals surface area (Å²) in [7, 11) is 1.59. The Morgan fingerprint density at radius 1 is 1.10 bits per heavy atom. The highest BCUT2D eigenvalue weighted by Crippen LogP contribution is 2.38. The molecule has 2 aromatic carbocycles. The number of methoxy groups -OCH3 is 1. The Bertz CT molecular complexity index is 581. The maximum Gasteiger partial charge on any atom is 0.118 e. The van der Waals surface area contributed by atoms with Gasteiger partial charge in [-0.05, 0) is 35.4 Å². The third-order valence-electron chi connectivity index (χ3n) is 3.46.